The molecule has 1 atom stereocenters. The zero-order valence-corrected chi connectivity index (χ0v) is 17.7. The molecule has 1 unspecified atom stereocenters. The summed E-state index contributed by atoms with van der Waals surface area (Å²) in [6.45, 7) is 1.65. The van der Waals surface area contributed by atoms with Crippen LogP contribution in [0.15, 0.2) is 47.4 Å². The highest BCUT2D eigenvalue weighted by Crippen LogP contribution is 2.39. The first-order chi connectivity index (χ1) is 13.4. The second-order valence-corrected chi connectivity index (χ2v) is 9.32. The molecule has 0 bridgehead atoms. The van der Waals surface area contributed by atoms with Gasteiger partial charge in [0.05, 0.1) is 19.1 Å². The maximum absolute atomic E-state index is 12.4. The standard InChI is InChI=1S/C21H28N2O4S/c1-22(2)28(24,25)18-8-5-7-16(13-18)15-23-12-6-9-20(23)19-11-10-17(26-3)14-21(19)27-4/h5,7-8,10-11,13-14,20H,6,9,12,15H2,1-4H3. The Morgan fingerprint density at radius 1 is 1.11 bits per heavy atom. The zero-order chi connectivity index (χ0) is 20.3. The van der Waals surface area contributed by atoms with Crippen molar-refractivity contribution in [2.24, 2.45) is 0 Å². The summed E-state index contributed by atoms with van der Waals surface area (Å²) in [5.41, 5.74) is 2.13. The van der Waals surface area contributed by atoms with Crippen molar-refractivity contribution in [3.63, 3.8) is 0 Å². The van der Waals surface area contributed by atoms with Crippen LogP contribution in [0.25, 0.3) is 0 Å². The number of benzene rings is 2. The molecule has 3 rings (SSSR count). The minimum Gasteiger partial charge on any atom is -0.497 e. The van der Waals surface area contributed by atoms with E-state index in [9.17, 15) is 8.42 Å². The van der Waals surface area contributed by atoms with Crippen LogP contribution in [0.2, 0.25) is 0 Å². The third-order valence-corrected chi connectivity index (χ3v) is 7.04. The molecule has 0 aliphatic carbocycles. The van der Waals surface area contributed by atoms with Gasteiger partial charge in [-0.3, -0.25) is 4.90 Å². The fraction of sp³-hybridized carbons (Fsp3) is 0.429. The first-order valence-corrected chi connectivity index (χ1v) is 10.8. The Labute approximate surface area is 167 Å². The Bertz CT molecular complexity index is 928. The maximum atomic E-state index is 12.4. The summed E-state index contributed by atoms with van der Waals surface area (Å²) in [5.74, 6) is 1.59. The number of nitrogens with zero attached hydrogens (tertiary/aromatic N) is 2. The van der Waals surface area contributed by atoms with Gasteiger partial charge >= 0.3 is 0 Å². The van der Waals surface area contributed by atoms with Crippen LogP contribution in [0.3, 0.4) is 0 Å². The largest absolute Gasteiger partial charge is 0.497 e. The van der Waals surface area contributed by atoms with Crippen molar-refractivity contribution in [2.75, 3.05) is 34.9 Å². The van der Waals surface area contributed by atoms with Gasteiger partial charge < -0.3 is 9.47 Å². The molecule has 0 N–H and O–H groups in total. The molecule has 7 heteroatoms. The molecule has 1 fully saturated rings. The Hall–Kier alpha value is -2.09. The number of rotatable bonds is 7. The first kappa shape index (κ1) is 20.6. The minimum absolute atomic E-state index is 0.231. The third kappa shape index (κ3) is 4.16. The molecule has 1 aliphatic heterocycles. The molecule has 28 heavy (non-hydrogen) atoms. The van der Waals surface area contributed by atoms with E-state index >= 15 is 0 Å². The maximum Gasteiger partial charge on any atom is 0.242 e. The minimum atomic E-state index is -3.44. The topological polar surface area (TPSA) is 59.1 Å². The van der Waals surface area contributed by atoms with Gasteiger partial charge in [0.15, 0.2) is 0 Å². The molecule has 2 aromatic carbocycles. The van der Waals surface area contributed by atoms with Gasteiger partial charge in [-0.2, -0.15) is 0 Å². The van der Waals surface area contributed by atoms with Crippen molar-refractivity contribution in [3.05, 3.63) is 53.6 Å². The smallest absolute Gasteiger partial charge is 0.242 e. The van der Waals surface area contributed by atoms with E-state index in [1.54, 1.807) is 40.4 Å². The molecule has 0 aromatic heterocycles. The van der Waals surface area contributed by atoms with Crippen molar-refractivity contribution >= 4 is 10.0 Å². The van der Waals surface area contributed by atoms with E-state index in [2.05, 4.69) is 11.0 Å². The van der Waals surface area contributed by atoms with Gasteiger partial charge in [-0.25, -0.2) is 12.7 Å². The predicted molar refractivity (Wildman–Crippen MR) is 109 cm³/mol. The molecular formula is C21H28N2O4S. The van der Waals surface area contributed by atoms with Crippen LogP contribution in [0, 0.1) is 0 Å². The number of likely N-dealkylation sites (tertiary alicyclic amines) is 1. The fourth-order valence-electron chi connectivity index (χ4n) is 3.71. The quantitative estimate of drug-likeness (QED) is 0.709. The molecule has 0 saturated carbocycles. The van der Waals surface area contributed by atoms with Crippen LogP contribution in [0.5, 0.6) is 11.5 Å². The van der Waals surface area contributed by atoms with Crippen molar-refractivity contribution in [2.45, 2.75) is 30.3 Å². The summed E-state index contributed by atoms with van der Waals surface area (Å²) in [6.07, 6.45) is 2.13. The summed E-state index contributed by atoms with van der Waals surface area (Å²) < 4.78 is 37.0. The molecule has 2 aromatic rings. The highest BCUT2D eigenvalue weighted by atomic mass is 32.2. The van der Waals surface area contributed by atoms with Crippen LogP contribution in [0.1, 0.15) is 30.0 Å². The zero-order valence-electron chi connectivity index (χ0n) is 16.9. The Morgan fingerprint density at radius 2 is 1.89 bits per heavy atom. The Balaban J connectivity index is 1.85. The van der Waals surface area contributed by atoms with E-state index in [4.69, 9.17) is 9.47 Å². The molecule has 1 heterocycles. The summed E-state index contributed by atoms with van der Waals surface area (Å²) in [7, 11) is 2.98. The Kier molecular flexibility index (Phi) is 6.27. The van der Waals surface area contributed by atoms with Gasteiger partial charge in [-0.15, -0.1) is 0 Å². The van der Waals surface area contributed by atoms with E-state index in [1.165, 1.54) is 4.31 Å². The highest BCUT2D eigenvalue weighted by Gasteiger charge is 2.29. The molecule has 0 radical (unpaired) electrons. The second kappa shape index (κ2) is 8.51. The summed E-state index contributed by atoms with van der Waals surface area (Å²) in [5, 5.41) is 0. The predicted octanol–water partition coefficient (Wildman–Crippen LogP) is 3.29. The van der Waals surface area contributed by atoms with Gasteiger partial charge in [-0.05, 0) is 43.1 Å². The molecule has 152 valence electrons. The average Bonchev–Trinajstić information content (AvgIpc) is 3.15. The number of hydrogen-bond donors (Lipinski definition) is 0. The van der Waals surface area contributed by atoms with E-state index in [-0.39, 0.29) is 6.04 Å². The molecular weight excluding hydrogens is 376 g/mol. The van der Waals surface area contributed by atoms with Crippen LogP contribution in [-0.4, -0.2) is 52.5 Å². The number of methoxy groups -OCH3 is 2. The summed E-state index contributed by atoms with van der Waals surface area (Å²) >= 11 is 0. The van der Waals surface area contributed by atoms with Crippen molar-refractivity contribution in [1.29, 1.82) is 0 Å². The summed E-state index contributed by atoms with van der Waals surface area (Å²) in [4.78, 5) is 2.71. The van der Waals surface area contributed by atoms with E-state index < -0.39 is 10.0 Å². The van der Waals surface area contributed by atoms with Crippen LogP contribution >= 0.6 is 0 Å². The van der Waals surface area contributed by atoms with Gasteiger partial charge in [0.1, 0.15) is 11.5 Å². The summed E-state index contributed by atoms with van der Waals surface area (Å²) in [6, 6.07) is 13.4. The van der Waals surface area contributed by atoms with Gasteiger partial charge in [0.2, 0.25) is 10.0 Å². The van der Waals surface area contributed by atoms with Crippen LogP contribution < -0.4 is 9.47 Å². The normalized spacial score (nSPS) is 17.8. The average molecular weight is 405 g/mol. The SMILES string of the molecule is COc1ccc(C2CCCN2Cc2cccc(S(=O)(=O)N(C)C)c2)c(OC)c1. The number of sulfonamides is 1. The fourth-order valence-corrected chi connectivity index (χ4v) is 4.68. The lowest BCUT2D eigenvalue weighted by Gasteiger charge is -2.26. The highest BCUT2D eigenvalue weighted by molar-refractivity contribution is 7.89. The van der Waals surface area contributed by atoms with E-state index in [0.29, 0.717) is 11.4 Å². The van der Waals surface area contributed by atoms with Crippen LogP contribution in [-0.2, 0) is 16.6 Å². The van der Waals surface area contributed by atoms with Crippen molar-refractivity contribution in [3.8, 4) is 11.5 Å². The molecule has 1 saturated heterocycles. The number of ether oxygens (including phenoxy) is 2. The molecule has 6 nitrogen and oxygen atoms in total. The monoisotopic (exact) mass is 404 g/mol. The Morgan fingerprint density at radius 3 is 2.57 bits per heavy atom. The molecule has 0 amide bonds. The molecule has 1 aliphatic rings. The van der Waals surface area contributed by atoms with Crippen LogP contribution in [0.4, 0.5) is 0 Å². The molecule has 0 spiro atoms. The number of hydrogen-bond acceptors (Lipinski definition) is 5. The van der Waals surface area contributed by atoms with Gasteiger partial charge in [-0.1, -0.05) is 18.2 Å². The lowest BCUT2D eigenvalue weighted by atomic mass is 10.0. The van der Waals surface area contributed by atoms with Gasteiger partial charge in [0.25, 0.3) is 0 Å². The first-order valence-electron chi connectivity index (χ1n) is 9.34. The van der Waals surface area contributed by atoms with Crippen molar-refractivity contribution < 1.29 is 17.9 Å². The second-order valence-electron chi connectivity index (χ2n) is 7.17. The lowest BCUT2D eigenvalue weighted by molar-refractivity contribution is 0.242. The van der Waals surface area contributed by atoms with Crippen molar-refractivity contribution in [1.82, 2.24) is 9.21 Å². The van der Waals surface area contributed by atoms with E-state index in [0.717, 1.165) is 42.0 Å². The van der Waals surface area contributed by atoms with E-state index in [1.807, 2.05) is 24.3 Å². The van der Waals surface area contributed by atoms with Gasteiger partial charge in [0, 0.05) is 38.3 Å². The lowest BCUT2D eigenvalue weighted by Crippen LogP contribution is -2.24. The third-order valence-electron chi connectivity index (χ3n) is 5.23.